The Hall–Kier alpha value is -2.27. The van der Waals surface area contributed by atoms with Crippen molar-refractivity contribution in [3.05, 3.63) is 53.6 Å². The standard InChI is InChI=1S/C17H16O4S/c1-11(18)13-6-4-5-7-16(13)22-17(19)12-8-9-14(20-2)15(10-12)21-3/h4-10H,1-3H3. The van der Waals surface area contributed by atoms with Gasteiger partial charge in [0.2, 0.25) is 5.12 Å². The van der Waals surface area contributed by atoms with Crippen molar-refractivity contribution in [3.63, 3.8) is 0 Å². The quantitative estimate of drug-likeness (QED) is 0.619. The normalized spacial score (nSPS) is 10.1. The Morgan fingerprint density at radius 2 is 1.64 bits per heavy atom. The molecule has 0 amide bonds. The molecule has 2 aromatic carbocycles. The van der Waals surface area contributed by atoms with E-state index in [1.54, 1.807) is 42.5 Å². The number of hydrogen-bond donors (Lipinski definition) is 0. The lowest BCUT2D eigenvalue weighted by atomic mass is 10.1. The van der Waals surface area contributed by atoms with Gasteiger partial charge in [0.15, 0.2) is 17.3 Å². The van der Waals surface area contributed by atoms with E-state index in [2.05, 4.69) is 0 Å². The van der Waals surface area contributed by atoms with E-state index in [0.717, 1.165) is 11.8 Å². The zero-order chi connectivity index (χ0) is 16.1. The van der Waals surface area contributed by atoms with E-state index in [9.17, 15) is 9.59 Å². The molecule has 0 fully saturated rings. The minimum atomic E-state index is -0.158. The van der Waals surface area contributed by atoms with Gasteiger partial charge in [-0.15, -0.1) is 0 Å². The first-order valence-corrected chi connectivity index (χ1v) is 7.42. The maximum atomic E-state index is 12.4. The van der Waals surface area contributed by atoms with Gasteiger partial charge in [0, 0.05) is 16.0 Å². The molecule has 0 aromatic heterocycles. The van der Waals surface area contributed by atoms with Crippen molar-refractivity contribution in [1.29, 1.82) is 0 Å². The van der Waals surface area contributed by atoms with Gasteiger partial charge in [-0.3, -0.25) is 9.59 Å². The van der Waals surface area contributed by atoms with E-state index in [0.29, 0.717) is 27.5 Å². The Kier molecular flexibility index (Phi) is 5.22. The summed E-state index contributed by atoms with van der Waals surface area (Å²) >= 11 is 1.03. The Morgan fingerprint density at radius 1 is 0.955 bits per heavy atom. The molecule has 0 aliphatic rings. The van der Waals surface area contributed by atoms with Crippen molar-refractivity contribution in [2.45, 2.75) is 11.8 Å². The van der Waals surface area contributed by atoms with Crippen molar-refractivity contribution in [2.75, 3.05) is 14.2 Å². The van der Waals surface area contributed by atoms with E-state index in [-0.39, 0.29) is 10.9 Å². The first kappa shape index (κ1) is 16.1. The monoisotopic (exact) mass is 316 g/mol. The summed E-state index contributed by atoms with van der Waals surface area (Å²) in [6.45, 7) is 1.49. The SMILES string of the molecule is COc1ccc(C(=O)Sc2ccccc2C(C)=O)cc1OC. The summed E-state index contributed by atoms with van der Waals surface area (Å²) in [5.74, 6) is 0.991. The minimum absolute atomic E-state index is 0.0665. The zero-order valence-electron chi connectivity index (χ0n) is 12.6. The van der Waals surface area contributed by atoms with Crippen LogP contribution in [0.1, 0.15) is 27.6 Å². The highest BCUT2D eigenvalue weighted by molar-refractivity contribution is 8.14. The van der Waals surface area contributed by atoms with E-state index < -0.39 is 0 Å². The van der Waals surface area contributed by atoms with Crippen molar-refractivity contribution >= 4 is 22.7 Å². The lowest BCUT2D eigenvalue weighted by Crippen LogP contribution is -2.00. The third kappa shape index (κ3) is 3.49. The highest BCUT2D eigenvalue weighted by Crippen LogP contribution is 2.32. The lowest BCUT2D eigenvalue weighted by molar-refractivity contribution is 0.101. The molecule has 2 aromatic rings. The lowest BCUT2D eigenvalue weighted by Gasteiger charge is -2.09. The largest absolute Gasteiger partial charge is 0.493 e. The second-order valence-electron chi connectivity index (χ2n) is 4.51. The maximum absolute atomic E-state index is 12.4. The molecule has 0 saturated heterocycles. The van der Waals surface area contributed by atoms with Gasteiger partial charge >= 0.3 is 0 Å². The molecule has 0 atom stereocenters. The highest BCUT2D eigenvalue weighted by Gasteiger charge is 2.15. The predicted octanol–water partition coefficient (Wildman–Crippen LogP) is 3.84. The van der Waals surface area contributed by atoms with Crippen molar-refractivity contribution in [1.82, 2.24) is 0 Å². The predicted molar refractivity (Wildman–Crippen MR) is 86.2 cm³/mol. The fourth-order valence-corrected chi connectivity index (χ4v) is 2.88. The van der Waals surface area contributed by atoms with Crippen LogP contribution in [0.3, 0.4) is 0 Å². The molecule has 4 nitrogen and oxygen atoms in total. The van der Waals surface area contributed by atoms with Crippen LogP contribution >= 0.6 is 11.8 Å². The number of ether oxygens (including phenoxy) is 2. The molecule has 22 heavy (non-hydrogen) atoms. The van der Waals surface area contributed by atoms with Gasteiger partial charge < -0.3 is 9.47 Å². The summed E-state index contributed by atoms with van der Waals surface area (Å²) in [6, 6.07) is 12.0. The van der Waals surface area contributed by atoms with Crippen LogP contribution in [0.5, 0.6) is 11.5 Å². The molecule has 0 aliphatic heterocycles. The molecule has 2 rings (SSSR count). The van der Waals surface area contributed by atoms with Crippen molar-refractivity contribution < 1.29 is 19.1 Å². The second kappa shape index (κ2) is 7.13. The molecule has 5 heteroatoms. The number of hydrogen-bond acceptors (Lipinski definition) is 5. The topological polar surface area (TPSA) is 52.6 Å². The first-order chi connectivity index (χ1) is 10.6. The fourth-order valence-electron chi connectivity index (χ4n) is 1.97. The van der Waals surface area contributed by atoms with Crippen molar-refractivity contribution in [2.24, 2.45) is 0 Å². The number of thioether (sulfide) groups is 1. The van der Waals surface area contributed by atoms with Gasteiger partial charge in [-0.25, -0.2) is 0 Å². The molecule has 0 bridgehead atoms. The molecule has 114 valence electrons. The van der Waals surface area contributed by atoms with E-state index in [4.69, 9.17) is 9.47 Å². The summed E-state index contributed by atoms with van der Waals surface area (Å²) in [5.41, 5.74) is 1.03. The third-order valence-corrected chi connectivity index (χ3v) is 4.09. The van der Waals surface area contributed by atoms with Crippen LogP contribution in [0.15, 0.2) is 47.4 Å². The van der Waals surface area contributed by atoms with Gasteiger partial charge in [0.05, 0.1) is 14.2 Å². The smallest absolute Gasteiger partial charge is 0.224 e. The third-order valence-electron chi connectivity index (χ3n) is 3.09. The first-order valence-electron chi connectivity index (χ1n) is 6.61. The number of carbonyl (C=O) groups excluding carboxylic acids is 2. The zero-order valence-corrected chi connectivity index (χ0v) is 13.4. The molecule has 0 radical (unpaired) electrons. The Labute approximate surface area is 133 Å². The number of benzene rings is 2. The summed E-state index contributed by atoms with van der Waals surface area (Å²) < 4.78 is 10.4. The molecular weight excluding hydrogens is 300 g/mol. The van der Waals surface area contributed by atoms with Gasteiger partial charge in [0.1, 0.15) is 0 Å². The second-order valence-corrected chi connectivity index (χ2v) is 5.53. The fraction of sp³-hybridized carbons (Fsp3) is 0.176. The average Bonchev–Trinajstić information content (AvgIpc) is 2.54. The molecule has 0 heterocycles. The van der Waals surface area contributed by atoms with Crippen LogP contribution in [-0.2, 0) is 0 Å². The van der Waals surface area contributed by atoms with Gasteiger partial charge in [0.25, 0.3) is 0 Å². The molecule has 0 saturated carbocycles. The van der Waals surface area contributed by atoms with Crippen LogP contribution < -0.4 is 9.47 Å². The maximum Gasteiger partial charge on any atom is 0.224 e. The Morgan fingerprint density at radius 3 is 2.27 bits per heavy atom. The number of rotatable bonds is 5. The summed E-state index contributed by atoms with van der Waals surface area (Å²) in [5, 5.41) is -0.158. The molecular formula is C17H16O4S. The van der Waals surface area contributed by atoms with Crippen LogP contribution in [0.25, 0.3) is 0 Å². The van der Waals surface area contributed by atoms with Crippen LogP contribution in [0, 0.1) is 0 Å². The van der Waals surface area contributed by atoms with E-state index in [1.165, 1.54) is 21.1 Å². The Balaban J connectivity index is 2.28. The number of carbonyl (C=O) groups is 2. The summed E-state index contributed by atoms with van der Waals surface area (Å²) in [4.78, 5) is 24.7. The van der Waals surface area contributed by atoms with E-state index >= 15 is 0 Å². The molecule has 0 spiro atoms. The molecule has 0 N–H and O–H groups in total. The highest BCUT2D eigenvalue weighted by atomic mass is 32.2. The van der Waals surface area contributed by atoms with E-state index in [1.807, 2.05) is 0 Å². The van der Waals surface area contributed by atoms with Crippen LogP contribution in [0.4, 0.5) is 0 Å². The van der Waals surface area contributed by atoms with Crippen molar-refractivity contribution in [3.8, 4) is 11.5 Å². The number of methoxy groups -OCH3 is 2. The summed E-state index contributed by atoms with van der Waals surface area (Å²) in [7, 11) is 3.06. The van der Waals surface area contributed by atoms with Crippen LogP contribution in [0.2, 0.25) is 0 Å². The molecule has 0 aliphatic carbocycles. The minimum Gasteiger partial charge on any atom is -0.493 e. The Bertz CT molecular complexity index is 710. The van der Waals surface area contributed by atoms with Gasteiger partial charge in [-0.05, 0) is 43.0 Å². The van der Waals surface area contributed by atoms with Gasteiger partial charge in [-0.1, -0.05) is 18.2 Å². The average molecular weight is 316 g/mol. The molecule has 0 unspecified atom stereocenters. The number of ketones is 1. The number of Topliss-reactive ketones (excluding diaryl/α,β-unsaturated/α-hetero) is 1. The summed E-state index contributed by atoms with van der Waals surface area (Å²) in [6.07, 6.45) is 0. The van der Waals surface area contributed by atoms with Gasteiger partial charge in [-0.2, -0.15) is 0 Å². The van der Waals surface area contributed by atoms with Crippen LogP contribution in [-0.4, -0.2) is 25.1 Å².